The van der Waals surface area contributed by atoms with Crippen molar-refractivity contribution in [1.82, 2.24) is 9.88 Å². The van der Waals surface area contributed by atoms with E-state index >= 15 is 0 Å². The molecule has 2 aliphatic rings. The Kier molecular flexibility index (Phi) is 6.06. The van der Waals surface area contributed by atoms with Gasteiger partial charge in [0.2, 0.25) is 0 Å². The van der Waals surface area contributed by atoms with Crippen molar-refractivity contribution in [3.63, 3.8) is 0 Å². The van der Waals surface area contributed by atoms with Crippen LogP contribution in [0.15, 0.2) is 48.5 Å². The molecule has 2 aliphatic heterocycles. The molecule has 0 bridgehead atoms. The van der Waals surface area contributed by atoms with Crippen LogP contribution in [0.3, 0.4) is 0 Å². The summed E-state index contributed by atoms with van der Waals surface area (Å²) < 4.78 is 0. The van der Waals surface area contributed by atoms with E-state index < -0.39 is 4.92 Å². The molecule has 1 aromatic heterocycles. The maximum absolute atomic E-state index is 12.8. The molecule has 5 rings (SSSR count). The smallest absolute Gasteiger partial charge is 0.293 e. The summed E-state index contributed by atoms with van der Waals surface area (Å²) in [6.45, 7) is 4.21. The Balaban J connectivity index is 1.28. The Bertz CT molecular complexity index is 1170. The SMILES string of the molecule is O=C(Nc1nc2c(s1)CN(Cc1ccccc1)CC2)c1ccc(N2CCCC2)c([N+](=O)[O-])c1. The molecule has 0 aliphatic carbocycles. The number of carbonyl (C=O) groups excluding carboxylic acids is 1. The van der Waals surface area contributed by atoms with Gasteiger partial charge in [-0.15, -0.1) is 11.3 Å². The van der Waals surface area contributed by atoms with Gasteiger partial charge < -0.3 is 4.90 Å². The molecular weight excluding hydrogens is 438 g/mol. The van der Waals surface area contributed by atoms with Crippen molar-refractivity contribution < 1.29 is 9.72 Å². The van der Waals surface area contributed by atoms with E-state index in [1.54, 1.807) is 12.1 Å². The number of carbonyl (C=O) groups is 1. The fraction of sp³-hybridized carbons (Fsp3) is 0.333. The van der Waals surface area contributed by atoms with Crippen LogP contribution in [0.4, 0.5) is 16.5 Å². The minimum Gasteiger partial charge on any atom is -0.366 e. The molecule has 8 nitrogen and oxygen atoms in total. The second-order valence-corrected chi connectivity index (χ2v) is 9.53. The lowest BCUT2D eigenvalue weighted by Gasteiger charge is -2.25. The summed E-state index contributed by atoms with van der Waals surface area (Å²) in [5.74, 6) is -0.377. The molecule has 9 heteroatoms. The van der Waals surface area contributed by atoms with Crippen molar-refractivity contribution in [2.45, 2.75) is 32.4 Å². The summed E-state index contributed by atoms with van der Waals surface area (Å²) in [5.41, 5.74) is 3.12. The van der Waals surface area contributed by atoms with Crippen LogP contribution in [0.25, 0.3) is 0 Å². The van der Waals surface area contributed by atoms with Crippen LogP contribution in [0.1, 0.15) is 39.3 Å². The first-order valence-electron chi connectivity index (χ1n) is 11.2. The summed E-state index contributed by atoms with van der Waals surface area (Å²) in [5, 5.41) is 15.0. The number of benzene rings is 2. The van der Waals surface area contributed by atoms with Gasteiger partial charge in [0.25, 0.3) is 11.6 Å². The van der Waals surface area contributed by atoms with Crippen LogP contribution in [-0.2, 0) is 19.5 Å². The third kappa shape index (κ3) is 4.74. The second kappa shape index (κ2) is 9.29. The Labute approximate surface area is 196 Å². The maximum atomic E-state index is 12.8. The van der Waals surface area contributed by atoms with E-state index in [0.29, 0.717) is 10.8 Å². The zero-order chi connectivity index (χ0) is 22.8. The molecule has 1 saturated heterocycles. The number of nitro benzene ring substituents is 1. The number of rotatable bonds is 6. The zero-order valence-corrected chi connectivity index (χ0v) is 19.0. The number of amides is 1. The van der Waals surface area contributed by atoms with Gasteiger partial charge in [-0.3, -0.25) is 25.1 Å². The topological polar surface area (TPSA) is 91.6 Å². The molecule has 0 saturated carbocycles. The fourth-order valence-corrected chi connectivity index (χ4v) is 5.53. The number of nitro groups is 1. The third-order valence-electron chi connectivity index (χ3n) is 6.16. The number of nitrogens with zero attached hydrogens (tertiary/aromatic N) is 4. The average Bonchev–Trinajstić information content (AvgIpc) is 3.49. The molecule has 1 fully saturated rings. The van der Waals surface area contributed by atoms with Crippen molar-refractivity contribution >= 4 is 33.8 Å². The molecule has 170 valence electrons. The predicted octanol–water partition coefficient (Wildman–Crippen LogP) is 4.46. The highest BCUT2D eigenvalue weighted by atomic mass is 32.1. The summed E-state index contributed by atoms with van der Waals surface area (Å²) in [4.78, 5) is 34.2. The van der Waals surface area contributed by atoms with Gasteiger partial charge in [-0.1, -0.05) is 30.3 Å². The fourth-order valence-electron chi connectivity index (χ4n) is 4.48. The van der Waals surface area contributed by atoms with Crippen molar-refractivity contribution in [2.75, 3.05) is 29.9 Å². The molecular formula is C24H25N5O3S. The molecule has 1 amide bonds. The Morgan fingerprint density at radius 2 is 1.91 bits per heavy atom. The molecule has 1 N–H and O–H groups in total. The largest absolute Gasteiger partial charge is 0.366 e. The van der Waals surface area contributed by atoms with Crippen molar-refractivity contribution in [3.05, 3.63) is 80.3 Å². The van der Waals surface area contributed by atoms with E-state index in [0.717, 1.165) is 62.6 Å². The second-order valence-electron chi connectivity index (χ2n) is 8.44. The van der Waals surface area contributed by atoms with Crippen molar-refractivity contribution in [1.29, 1.82) is 0 Å². The number of hydrogen-bond acceptors (Lipinski definition) is 7. The average molecular weight is 464 g/mol. The molecule has 0 unspecified atom stereocenters. The first kappa shape index (κ1) is 21.5. The third-order valence-corrected chi connectivity index (χ3v) is 7.16. The van der Waals surface area contributed by atoms with Crippen LogP contribution in [0, 0.1) is 10.1 Å². The Morgan fingerprint density at radius 3 is 2.67 bits per heavy atom. The van der Waals surface area contributed by atoms with Gasteiger partial charge in [0.15, 0.2) is 5.13 Å². The Hall–Kier alpha value is -3.30. The van der Waals surface area contributed by atoms with Gasteiger partial charge in [0.05, 0.1) is 10.6 Å². The molecule has 3 aromatic rings. The van der Waals surface area contributed by atoms with Gasteiger partial charge >= 0.3 is 0 Å². The minimum absolute atomic E-state index is 0.0282. The number of fused-ring (bicyclic) bond motifs is 1. The van der Waals surface area contributed by atoms with Crippen molar-refractivity contribution in [2.24, 2.45) is 0 Å². The number of hydrogen-bond donors (Lipinski definition) is 1. The van der Waals surface area contributed by atoms with Gasteiger partial charge in [-0.25, -0.2) is 4.98 Å². The highest BCUT2D eigenvalue weighted by Gasteiger charge is 2.25. The van der Waals surface area contributed by atoms with Crippen LogP contribution >= 0.6 is 11.3 Å². The Morgan fingerprint density at radius 1 is 1.12 bits per heavy atom. The summed E-state index contributed by atoms with van der Waals surface area (Å²) >= 11 is 1.48. The van der Waals surface area contributed by atoms with E-state index in [2.05, 4.69) is 27.3 Å². The van der Waals surface area contributed by atoms with Crippen molar-refractivity contribution in [3.8, 4) is 0 Å². The maximum Gasteiger partial charge on any atom is 0.293 e. The lowest BCUT2D eigenvalue weighted by Crippen LogP contribution is -2.29. The van der Waals surface area contributed by atoms with Crippen LogP contribution in [0.5, 0.6) is 0 Å². The molecule has 0 atom stereocenters. The predicted molar refractivity (Wildman–Crippen MR) is 129 cm³/mol. The molecule has 2 aromatic carbocycles. The van der Waals surface area contributed by atoms with Crippen LogP contribution in [0.2, 0.25) is 0 Å². The van der Waals surface area contributed by atoms with Gasteiger partial charge in [-0.05, 0) is 30.5 Å². The molecule has 0 radical (unpaired) electrons. The summed E-state index contributed by atoms with van der Waals surface area (Å²) in [7, 11) is 0. The monoisotopic (exact) mass is 463 g/mol. The van der Waals surface area contributed by atoms with Gasteiger partial charge in [0, 0.05) is 55.7 Å². The van der Waals surface area contributed by atoms with Gasteiger partial charge in [-0.2, -0.15) is 0 Å². The van der Waals surface area contributed by atoms with Gasteiger partial charge in [0.1, 0.15) is 5.69 Å². The van der Waals surface area contributed by atoms with Crippen LogP contribution < -0.4 is 10.2 Å². The quantitative estimate of drug-likeness (QED) is 0.429. The first-order chi connectivity index (χ1) is 16.1. The first-order valence-corrected chi connectivity index (χ1v) is 12.0. The molecule has 3 heterocycles. The van der Waals surface area contributed by atoms with E-state index in [4.69, 9.17) is 0 Å². The molecule has 33 heavy (non-hydrogen) atoms. The number of nitrogens with one attached hydrogen (secondary N) is 1. The summed E-state index contributed by atoms with van der Waals surface area (Å²) in [6, 6.07) is 15.1. The van der Waals surface area contributed by atoms with Crippen LogP contribution in [-0.4, -0.2) is 40.3 Å². The highest BCUT2D eigenvalue weighted by molar-refractivity contribution is 7.15. The van der Waals surface area contributed by atoms with E-state index in [1.165, 1.54) is 23.0 Å². The summed E-state index contributed by atoms with van der Waals surface area (Å²) in [6.07, 6.45) is 2.89. The highest BCUT2D eigenvalue weighted by Crippen LogP contribution is 2.33. The zero-order valence-electron chi connectivity index (χ0n) is 18.2. The van der Waals surface area contributed by atoms with E-state index in [9.17, 15) is 14.9 Å². The lowest BCUT2D eigenvalue weighted by atomic mass is 10.1. The van der Waals surface area contributed by atoms with E-state index in [1.807, 2.05) is 23.1 Å². The number of thiazole rings is 1. The normalized spacial score (nSPS) is 15.9. The number of anilines is 2. The van der Waals surface area contributed by atoms with E-state index in [-0.39, 0.29) is 17.2 Å². The molecule has 0 spiro atoms. The minimum atomic E-state index is -0.409. The lowest BCUT2D eigenvalue weighted by molar-refractivity contribution is -0.384. The number of aromatic nitrogens is 1. The standard InChI is InChI=1S/C24H25N5O3S/c30-23(18-8-9-20(21(14-18)29(31)32)28-11-4-5-12-28)26-24-25-19-10-13-27(16-22(19)33-24)15-17-6-2-1-3-7-17/h1-3,6-9,14H,4-5,10-13,15-16H2,(H,25,26,30).